The van der Waals surface area contributed by atoms with Crippen LogP contribution in [0, 0.1) is 0 Å². The summed E-state index contributed by atoms with van der Waals surface area (Å²) in [5.74, 6) is 1.01. The zero-order valence-corrected chi connectivity index (χ0v) is 10.1. The molecule has 0 aliphatic heterocycles. The summed E-state index contributed by atoms with van der Waals surface area (Å²) in [6.45, 7) is 4.41. The van der Waals surface area contributed by atoms with Crippen molar-refractivity contribution >= 4 is 11.8 Å². The first kappa shape index (κ1) is 12.4. The minimum atomic E-state index is 0.286. The SMILES string of the molecule is CC(C)n1nnnc1SCCCCCO. The number of unbranched alkanes of at least 4 members (excludes halogenated alkanes) is 2. The predicted octanol–water partition coefficient (Wildman–Crippen LogP) is 1.51. The molecule has 5 nitrogen and oxygen atoms in total. The van der Waals surface area contributed by atoms with Crippen LogP contribution in [0.4, 0.5) is 0 Å². The zero-order valence-electron chi connectivity index (χ0n) is 9.26. The Balaban J connectivity index is 2.28. The third-order valence-electron chi connectivity index (χ3n) is 1.99. The first-order valence-corrected chi connectivity index (χ1v) is 6.25. The summed E-state index contributed by atoms with van der Waals surface area (Å²) >= 11 is 1.68. The van der Waals surface area contributed by atoms with Crippen molar-refractivity contribution in [3.63, 3.8) is 0 Å². The summed E-state index contributed by atoms with van der Waals surface area (Å²) in [6.07, 6.45) is 3.04. The van der Waals surface area contributed by atoms with Gasteiger partial charge < -0.3 is 5.11 Å². The van der Waals surface area contributed by atoms with E-state index in [1.807, 2.05) is 4.68 Å². The molecule has 0 amide bonds. The van der Waals surface area contributed by atoms with E-state index >= 15 is 0 Å². The van der Waals surface area contributed by atoms with Gasteiger partial charge in [-0.25, -0.2) is 4.68 Å². The van der Waals surface area contributed by atoms with E-state index in [0.29, 0.717) is 6.04 Å². The van der Waals surface area contributed by atoms with Gasteiger partial charge in [-0.15, -0.1) is 5.10 Å². The van der Waals surface area contributed by atoms with Gasteiger partial charge in [0.1, 0.15) is 0 Å². The van der Waals surface area contributed by atoms with Crippen LogP contribution in [0.2, 0.25) is 0 Å². The maximum atomic E-state index is 8.62. The molecule has 6 heteroatoms. The second-order valence-electron chi connectivity index (χ2n) is 3.63. The van der Waals surface area contributed by atoms with Crippen LogP contribution in [0.1, 0.15) is 39.2 Å². The van der Waals surface area contributed by atoms with Crippen molar-refractivity contribution in [3.05, 3.63) is 0 Å². The van der Waals surface area contributed by atoms with E-state index in [9.17, 15) is 0 Å². The van der Waals surface area contributed by atoms with Gasteiger partial charge in [0.05, 0.1) is 6.04 Å². The van der Waals surface area contributed by atoms with E-state index in [1.54, 1.807) is 11.8 Å². The fraction of sp³-hybridized carbons (Fsp3) is 0.889. The minimum Gasteiger partial charge on any atom is -0.396 e. The Morgan fingerprint density at radius 3 is 2.80 bits per heavy atom. The molecule has 1 rings (SSSR count). The van der Waals surface area contributed by atoms with E-state index in [4.69, 9.17) is 5.11 Å². The highest BCUT2D eigenvalue weighted by Gasteiger charge is 2.08. The molecule has 0 radical (unpaired) electrons. The van der Waals surface area contributed by atoms with E-state index < -0.39 is 0 Å². The molecule has 0 aliphatic carbocycles. The molecule has 0 unspecified atom stereocenters. The monoisotopic (exact) mass is 230 g/mol. The molecule has 1 N–H and O–H groups in total. The normalized spacial score (nSPS) is 11.2. The van der Waals surface area contributed by atoms with Crippen molar-refractivity contribution in [1.82, 2.24) is 20.2 Å². The Hall–Kier alpha value is -0.620. The minimum absolute atomic E-state index is 0.286. The van der Waals surface area contributed by atoms with Gasteiger partial charge in [0.15, 0.2) is 0 Å². The third-order valence-corrected chi connectivity index (χ3v) is 3.01. The number of hydrogen-bond donors (Lipinski definition) is 1. The number of thioether (sulfide) groups is 1. The molecule has 1 aromatic heterocycles. The summed E-state index contributed by atoms with van der Waals surface area (Å²) in [5.41, 5.74) is 0. The van der Waals surface area contributed by atoms with Crippen LogP contribution in [0.25, 0.3) is 0 Å². The lowest BCUT2D eigenvalue weighted by molar-refractivity contribution is 0.284. The second-order valence-corrected chi connectivity index (χ2v) is 4.69. The molecule has 0 spiro atoms. The van der Waals surface area contributed by atoms with Crippen LogP contribution in [-0.2, 0) is 0 Å². The molecule has 86 valence electrons. The highest BCUT2D eigenvalue weighted by Crippen LogP contribution is 2.18. The largest absolute Gasteiger partial charge is 0.396 e. The first-order chi connectivity index (χ1) is 7.25. The highest BCUT2D eigenvalue weighted by molar-refractivity contribution is 7.99. The Labute approximate surface area is 94.3 Å². The average molecular weight is 230 g/mol. The molecular formula is C9H18N4OS. The van der Waals surface area contributed by atoms with E-state index in [1.165, 1.54) is 0 Å². The van der Waals surface area contributed by atoms with Gasteiger partial charge in [-0.1, -0.05) is 18.2 Å². The second kappa shape index (κ2) is 6.79. The topological polar surface area (TPSA) is 63.8 Å². The van der Waals surface area contributed by atoms with Gasteiger partial charge >= 0.3 is 0 Å². The van der Waals surface area contributed by atoms with Gasteiger partial charge in [0.2, 0.25) is 5.16 Å². The van der Waals surface area contributed by atoms with Crippen LogP contribution in [0.3, 0.4) is 0 Å². The average Bonchev–Trinajstić information content (AvgIpc) is 2.66. The summed E-state index contributed by atoms with van der Waals surface area (Å²) < 4.78 is 1.83. The Bertz CT molecular complexity index is 277. The molecule has 0 saturated carbocycles. The summed E-state index contributed by atoms with van der Waals surface area (Å²) in [7, 11) is 0. The molecule has 0 fully saturated rings. The Kier molecular flexibility index (Phi) is 5.63. The number of tetrazole rings is 1. The third kappa shape index (κ3) is 4.17. The van der Waals surface area contributed by atoms with E-state index in [0.717, 1.165) is 30.2 Å². The van der Waals surface area contributed by atoms with Crippen molar-refractivity contribution in [2.45, 2.75) is 44.3 Å². The Morgan fingerprint density at radius 1 is 1.33 bits per heavy atom. The fourth-order valence-corrected chi connectivity index (χ4v) is 2.16. The van der Waals surface area contributed by atoms with Crippen LogP contribution in [0.5, 0.6) is 0 Å². The molecule has 1 aromatic rings. The van der Waals surface area contributed by atoms with E-state index in [-0.39, 0.29) is 6.61 Å². The van der Waals surface area contributed by atoms with Gasteiger partial charge in [0.25, 0.3) is 0 Å². The van der Waals surface area contributed by atoms with Gasteiger partial charge in [-0.3, -0.25) is 0 Å². The summed E-state index contributed by atoms with van der Waals surface area (Å²) in [4.78, 5) is 0. The number of rotatable bonds is 7. The first-order valence-electron chi connectivity index (χ1n) is 5.27. The maximum absolute atomic E-state index is 8.62. The molecule has 0 aliphatic rings. The quantitative estimate of drug-likeness (QED) is 0.568. The molecular weight excluding hydrogens is 212 g/mol. The van der Waals surface area contributed by atoms with E-state index in [2.05, 4.69) is 29.4 Å². The Morgan fingerprint density at radius 2 is 2.13 bits per heavy atom. The van der Waals surface area contributed by atoms with Gasteiger partial charge in [-0.05, 0) is 37.1 Å². The molecule has 15 heavy (non-hydrogen) atoms. The maximum Gasteiger partial charge on any atom is 0.209 e. The van der Waals surface area contributed by atoms with Crippen molar-refractivity contribution in [1.29, 1.82) is 0 Å². The van der Waals surface area contributed by atoms with Gasteiger partial charge in [0, 0.05) is 12.4 Å². The number of aliphatic hydroxyl groups excluding tert-OH is 1. The molecule has 0 saturated heterocycles. The van der Waals surface area contributed by atoms with Crippen molar-refractivity contribution in [2.24, 2.45) is 0 Å². The lowest BCUT2D eigenvalue weighted by Crippen LogP contribution is -2.04. The highest BCUT2D eigenvalue weighted by atomic mass is 32.2. The smallest absolute Gasteiger partial charge is 0.209 e. The molecule has 0 aromatic carbocycles. The van der Waals surface area contributed by atoms with Crippen molar-refractivity contribution in [3.8, 4) is 0 Å². The molecule has 1 heterocycles. The summed E-state index contributed by atoms with van der Waals surface area (Å²) in [5, 5.41) is 21.1. The molecule has 0 atom stereocenters. The van der Waals surface area contributed by atoms with Crippen LogP contribution in [-0.4, -0.2) is 37.7 Å². The molecule has 0 bridgehead atoms. The lowest BCUT2D eigenvalue weighted by atomic mass is 10.3. The zero-order chi connectivity index (χ0) is 11.1. The van der Waals surface area contributed by atoms with Crippen molar-refractivity contribution < 1.29 is 5.11 Å². The lowest BCUT2D eigenvalue weighted by Gasteiger charge is -2.06. The standard InChI is InChI=1S/C9H18N4OS/c1-8(2)13-9(10-11-12-13)15-7-5-3-4-6-14/h8,14H,3-7H2,1-2H3. The van der Waals surface area contributed by atoms with Crippen LogP contribution >= 0.6 is 11.8 Å². The van der Waals surface area contributed by atoms with Crippen LogP contribution in [0.15, 0.2) is 5.16 Å². The number of nitrogens with zero attached hydrogens (tertiary/aromatic N) is 4. The fourth-order valence-electron chi connectivity index (χ4n) is 1.16. The van der Waals surface area contributed by atoms with Crippen molar-refractivity contribution in [2.75, 3.05) is 12.4 Å². The number of hydrogen-bond acceptors (Lipinski definition) is 5. The van der Waals surface area contributed by atoms with Crippen LogP contribution < -0.4 is 0 Å². The number of aliphatic hydroxyl groups is 1. The number of aromatic nitrogens is 4. The predicted molar refractivity (Wildman–Crippen MR) is 59.9 cm³/mol. The summed E-state index contributed by atoms with van der Waals surface area (Å²) in [6, 6.07) is 0.306. The van der Waals surface area contributed by atoms with Gasteiger partial charge in [-0.2, -0.15) is 0 Å².